The van der Waals surface area contributed by atoms with Gasteiger partial charge in [-0.25, -0.2) is 0 Å². The number of hydroxylamine groups is 1. The number of hydrogen-bond donors (Lipinski definition) is 2. The number of benzene rings is 1. The van der Waals surface area contributed by atoms with E-state index in [1.807, 2.05) is 30.3 Å². The molecule has 1 heterocycles. The van der Waals surface area contributed by atoms with Gasteiger partial charge >= 0.3 is 5.69 Å². The van der Waals surface area contributed by atoms with Crippen LogP contribution in [-0.2, 0) is 18.0 Å². The zero-order chi connectivity index (χ0) is 15.1. The van der Waals surface area contributed by atoms with Gasteiger partial charge in [0.1, 0.15) is 12.4 Å². The second-order valence-electron chi connectivity index (χ2n) is 4.45. The quantitative estimate of drug-likeness (QED) is 0.425. The Hall–Kier alpha value is -2.29. The minimum atomic E-state index is -0.764. The van der Waals surface area contributed by atoms with Crippen LogP contribution in [0.3, 0.4) is 0 Å². The fourth-order valence-electron chi connectivity index (χ4n) is 1.69. The fraction of sp³-hybridized carbons (Fsp3) is 0.308. The Morgan fingerprint density at radius 1 is 1.43 bits per heavy atom. The smallest absolute Gasteiger partial charge is 0.306 e. The highest BCUT2D eigenvalue weighted by Gasteiger charge is 2.11. The van der Waals surface area contributed by atoms with Crippen LogP contribution in [0.15, 0.2) is 42.7 Å². The van der Waals surface area contributed by atoms with Crippen molar-refractivity contribution in [3.63, 3.8) is 0 Å². The van der Waals surface area contributed by atoms with Gasteiger partial charge in [-0.3, -0.25) is 19.6 Å². The molecule has 0 aliphatic heterocycles. The average Bonchev–Trinajstić information content (AvgIpc) is 2.93. The monoisotopic (exact) mass is 292 g/mol. The second kappa shape index (κ2) is 7.48. The van der Waals surface area contributed by atoms with Crippen molar-refractivity contribution in [2.24, 2.45) is 0 Å². The Morgan fingerprint density at radius 3 is 2.86 bits per heavy atom. The summed E-state index contributed by atoms with van der Waals surface area (Å²) in [6, 6.07) is 9.61. The van der Waals surface area contributed by atoms with E-state index in [4.69, 9.17) is 4.84 Å². The third-order valence-corrected chi connectivity index (χ3v) is 2.73. The minimum absolute atomic E-state index is 0.101. The molecule has 0 saturated carbocycles. The Balaban J connectivity index is 1.67. The summed E-state index contributed by atoms with van der Waals surface area (Å²) in [5.41, 5.74) is 3.57. The zero-order valence-corrected chi connectivity index (χ0v) is 11.3. The molecule has 1 atom stereocenters. The van der Waals surface area contributed by atoms with Gasteiger partial charge in [0.05, 0.1) is 24.2 Å². The number of aliphatic hydroxyl groups is 1. The molecule has 2 aromatic rings. The van der Waals surface area contributed by atoms with E-state index in [1.54, 1.807) is 0 Å². The van der Waals surface area contributed by atoms with E-state index < -0.39 is 11.0 Å². The molecule has 112 valence electrons. The van der Waals surface area contributed by atoms with Crippen LogP contribution >= 0.6 is 0 Å². The second-order valence-corrected chi connectivity index (χ2v) is 4.45. The maximum Gasteiger partial charge on any atom is 0.306 e. The van der Waals surface area contributed by atoms with Gasteiger partial charge < -0.3 is 5.11 Å². The summed E-state index contributed by atoms with van der Waals surface area (Å²) in [5, 5.41) is 24.1. The first-order chi connectivity index (χ1) is 10.1. The standard InChI is InChI=1S/C13H16N4O4/c18-13(9-16-8-12(6-14-16)17(19)20)7-15-21-10-11-4-2-1-3-5-11/h1-6,8,13,15,18H,7,9-10H2. The molecule has 1 unspecified atom stereocenters. The molecule has 0 saturated heterocycles. The lowest BCUT2D eigenvalue weighted by atomic mass is 10.2. The summed E-state index contributed by atoms with van der Waals surface area (Å²) in [6.07, 6.45) is 1.65. The summed E-state index contributed by atoms with van der Waals surface area (Å²) >= 11 is 0. The maximum absolute atomic E-state index is 10.5. The van der Waals surface area contributed by atoms with Gasteiger partial charge in [0.2, 0.25) is 0 Å². The van der Waals surface area contributed by atoms with Gasteiger partial charge in [0.15, 0.2) is 0 Å². The van der Waals surface area contributed by atoms with E-state index in [1.165, 1.54) is 10.9 Å². The summed E-state index contributed by atoms with van der Waals surface area (Å²) in [4.78, 5) is 15.2. The molecule has 2 rings (SSSR count). The van der Waals surface area contributed by atoms with Gasteiger partial charge in [-0.1, -0.05) is 30.3 Å². The van der Waals surface area contributed by atoms with Crippen LogP contribution in [0.2, 0.25) is 0 Å². The summed E-state index contributed by atoms with van der Waals surface area (Å²) in [6.45, 7) is 0.733. The Morgan fingerprint density at radius 2 is 2.19 bits per heavy atom. The van der Waals surface area contributed by atoms with Gasteiger partial charge in [-0.15, -0.1) is 0 Å². The summed E-state index contributed by atoms with van der Waals surface area (Å²) < 4.78 is 1.32. The van der Waals surface area contributed by atoms with Gasteiger partial charge in [-0.05, 0) is 5.56 Å². The summed E-state index contributed by atoms with van der Waals surface area (Å²) in [7, 11) is 0. The molecule has 1 aromatic carbocycles. The van der Waals surface area contributed by atoms with Crippen molar-refractivity contribution in [3.8, 4) is 0 Å². The molecule has 0 fully saturated rings. The Labute approximate surface area is 121 Å². The van der Waals surface area contributed by atoms with E-state index in [0.717, 1.165) is 11.8 Å². The molecule has 0 bridgehead atoms. The van der Waals surface area contributed by atoms with Gasteiger partial charge in [0.25, 0.3) is 0 Å². The van der Waals surface area contributed by atoms with Crippen molar-refractivity contribution in [2.45, 2.75) is 19.3 Å². The van der Waals surface area contributed by atoms with E-state index in [-0.39, 0.29) is 18.8 Å². The molecule has 0 spiro atoms. The largest absolute Gasteiger partial charge is 0.390 e. The number of nitrogens with zero attached hydrogens (tertiary/aromatic N) is 3. The molecule has 8 nitrogen and oxygen atoms in total. The van der Waals surface area contributed by atoms with Crippen molar-refractivity contribution in [1.82, 2.24) is 15.3 Å². The molecule has 8 heteroatoms. The van der Waals surface area contributed by atoms with Crippen LogP contribution in [0.4, 0.5) is 5.69 Å². The lowest BCUT2D eigenvalue weighted by Gasteiger charge is -2.11. The van der Waals surface area contributed by atoms with Crippen molar-refractivity contribution in [1.29, 1.82) is 0 Å². The maximum atomic E-state index is 10.5. The Kier molecular flexibility index (Phi) is 5.38. The van der Waals surface area contributed by atoms with Crippen LogP contribution in [0.25, 0.3) is 0 Å². The first kappa shape index (κ1) is 15.1. The predicted octanol–water partition coefficient (Wildman–Crippen LogP) is 0.874. The summed E-state index contributed by atoms with van der Waals surface area (Å²) in [5.74, 6) is 0. The van der Waals surface area contributed by atoms with Gasteiger partial charge in [0, 0.05) is 6.54 Å². The SMILES string of the molecule is O=[N+]([O-])c1cnn(CC(O)CNOCc2ccccc2)c1. The fourth-order valence-corrected chi connectivity index (χ4v) is 1.69. The third-order valence-electron chi connectivity index (χ3n) is 2.73. The predicted molar refractivity (Wildman–Crippen MR) is 74.1 cm³/mol. The lowest BCUT2D eigenvalue weighted by Crippen LogP contribution is -2.30. The van der Waals surface area contributed by atoms with E-state index >= 15 is 0 Å². The lowest BCUT2D eigenvalue weighted by molar-refractivity contribution is -0.385. The number of aliphatic hydroxyl groups excluding tert-OH is 1. The van der Waals surface area contributed by atoms with Gasteiger partial charge in [-0.2, -0.15) is 10.6 Å². The van der Waals surface area contributed by atoms with Crippen LogP contribution < -0.4 is 5.48 Å². The van der Waals surface area contributed by atoms with Crippen LogP contribution in [-0.4, -0.2) is 32.5 Å². The molecule has 0 amide bonds. The highest BCUT2D eigenvalue weighted by Crippen LogP contribution is 2.08. The van der Waals surface area contributed by atoms with E-state index in [2.05, 4.69) is 10.6 Å². The number of hydrogen-bond acceptors (Lipinski definition) is 6. The number of rotatable bonds is 8. The zero-order valence-electron chi connectivity index (χ0n) is 11.3. The topological polar surface area (TPSA) is 102 Å². The van der Waals surface area contributed by atoms with E-state index in [9.17, 15) is 15.2 Å². The van der Waals surface area contributed by atoms with E-state index in [0.29, 0.717) is 6.61 Å². The Bertz CT molecular complexity index is 573. The van der Waals surface area contributed by atoms with Crippen molar-refractivity contribution >= 4 is 5.69 Å². The molecule has 21 heavy (non-hydrogen) atoms. The first-order valence-electron chi connectivity index (χ1n) is 6.38. The minimum Gasteiger partial charge on any atom is -0.390 e. The molecular formula is C13H16N4O4. The normalized spacial score (nSPS) is 12.2. The molecular weight excluding hydrogens is 276 g/mol. The first-order valence-corrected chi connectivity index (χ1v) is 6.38. The van der Waals surface area contributed by atoms with Crippen molar-refractivity contribution < 1.29 is 14.9 Å². The number of nitro groups is 1. The van der Waals surface area contributed by atoms with Crippen LogP contribution in [0.5, 0.6) is 0 Å². The number of aromatic nitrogens is 2. The third kappa shape index (κ3) is 4.95. The molecule has 1 aromatic heterocycles. The van der Waals surface area contributed by atoms with Crippen molar-refractivity contribution in [2.75, 3.05) is 6.54 Å². The average molecular weight is 292 g/mol. The molecule has 2 N–H and O–H groups in total. The van der Waals surface area contributed by atoms with Crippen molar-refractivity contribution in [3.05, 3.63) is 58.4 Å². The highest BCUT2D eigenvalue weighted by atomic mass is 16.6. The number of nitrogens with one attached hydrogen (secondary N) is 1. The van der Waals surface area contributed by atoms with Crippen LogP contribution in [0, 0.1) is 10.1 Å². The van der Waals surface area contributed by atoms with Crippen LogP contribution in [0.1, 0.15) is 5.56 Å². The molecule has 0 radical (unpaired) electrons. The molecule has 0 aliphatic carbocycles. The molecule has 0 aliphatic rings. The highest BCUT2D eigenvalue weighted by molar-refractivity contribution is 5.20.